The molecular formula is C16H27N3O. The Morgan fingerprint density at radius 2 is 2.30 bits per heavy atom. The van der Waals surface area contributed by atoms with Gasteiger partial charge in [0, 0.05) is 38.0 Å². The quantitative estimate of drug-likeness (QED) is 0.752. The van der Waals surface area contributed by atoms with Crippen molar-refractivity contribution >= 4 is 5.82 Å². The second-order valence-electron chi connectivity index (χ2n) is 5.53. The third kappa shape index (κ3) is 3.93. The van der Waals surface area contributed by atoms with Crippen molar-refractivity contribution in [1.29, 1.82) is 0 Å². The number of rotatable bonds is 9. The molecule has 112 valence electrons. The molecular weight excluding hydrogens is 250 g/mol. The summed E-state index contributed by atoms with van der Waals surface area (Å²) in [7, 11) is 1.76. The molecule has 2 rings (SSSR count). The van der Waals surface area contributed by atoms with Crippen LogP contribution in [0.1, 0.15) is 32.3 Å². The van der Waals surface area contributed by atoms with E-state index in [1.54, 1.807) is 7.11 Å². The molecule has 0 saturated heterocycles. The minimum atomic E-state index is 0.542. The van der Waals surface area contributed by atoms with Crippen molar-refractivity contribution in [3.63, 3.8) is 0 Å². The summed E-state index contributed by atoms with van der Waals surface area (Å²) in [6.45, 7) is 7.95. The summed E-state index contributed by atoms with van der Waals surface area (Å²) in [6, 6.07) is 4.73. The maximum Gasteiger partial charge on any atom is 0.133 e. The molecule has 0 radical (unpaired) electrons. The van der Waals surface area contributed by atoms with E-state index < -0.39 is 0 Å². The topological polar surface area (TPSA) is 37.4 Å². The van der Waals surface area contributed by atoms with Crippen LogP contribution in [0.4, 0.5) is 5.82 Å². The SMILES string of the molecule is CCNCc1cccnc1N(CCOC)C(C)C1CC1. The van der Waals surface area contributed by atoms with Gasteiger partial charge in [-0.05, 0) is 38.3 Å². The highest BCUT2D eigenvalue weighted by Gasteiger charge is 2.33. The van der Waals surface area contributed by atoms with Crippen LogP contribution in [0.5, 0.6) is 0 Å². The molecule has 1 fully saturated rings. The number of methoxy groups -OCH3 is 1. The molecule has 0 bridgehead atoms. The number of aromatic nitrogens is 1. The Bertz CT molecular complexity index is 406. The van der Waals surface area contributed by atoms with Crippen molar-refractivity contribution in [2.75, 3.05) is 31.7 Å². The zero-order valence-corrected chi connectivity index (χ0v) is 12.9. The van der Waals surface area contributed by atoms with Gasteiger partial charge in [0.1, 0.15) is 5.82 Å². The highest BCUT2D eigenvalue weighted by atomic mass is 16.5. The van der Waals surface area contributed by atoms with Crippen molar-refractivity contribution in [1.82, 2.24) is 10.3 Å². The Labute approximate surface area is 122 Å². The van der Waals surface area contributed by atoms with Crippen LogP contribution in [0.2, 0.25) is 0 Å². The molecule has 20 heavy (non-hydrogen) atoms. The Morgan fingerprint density at radius 3 is 2.95 bits per heavy atom. The molecule has 1 aromatic rings. The summed E-state index contributed by atoms with van der Waals surface area (Å²) in [5, 5.41) is 3.40. The second kappa shape index (κ2) is 7.60. The molecule has 4 nitrogen and oxygen atoms in total. The predicted octanol–water partition coefficient (Wildman–Crippen LogP) is 2.44. The van der Waals surface area contributed by atoms with E-state index in [0.717, 1.165) is 38.0 Å². The fourth-order valence-corrected chi connectivity index (χ4v) is 2.61. The molecule has 0 amide bonds. The Hall–Kier alpha value is -1.13. The maximum absolute atomic E-state index is 5.28. The normalized spacial score (nSPS) is 16.1. The van der Waals surface area contributed by atoms with E-state index >= 15 is 0 Å². The van der Waals surface area contributed by atoms with Crippen LogP contribution >= 0.6 is 0 Å². The third-order valence-corrected chi connectivity index (χ3v) is 4.04. The van der Waals surface area contributed by atoms with Gasteiger partial charge in [-0.1, -0.05) is 13.0 Å². The predicted molar refractivity (Wildman–Crippen MR) is 83.0 cm³/mol. The molecule has 1 N–H and O–H groups in total. The van der Waals surface area contributed by atoms with Gasteiger partial charge in [-0.25, -0.2) is 4.98 Å². The highest BCUT2D eigenvalue weighted by Crippen LogP contribution is 2.37. The Balaban J connectivity index is 2.17. The Kier molecular flexibility index (Phi) is 5.80. The smallest absolute Gasteiger partial charge is 0.133 e. The molecule has 1 atom stereocenters. The van der Waals surface area contributed by atoms with Crippen molar-refractivity contribution < 1.29 is 4.74 Å². The summed E-state index contributed by atoms with van der Waals surface area (Å²) in [4.78, 5) is 7.07. The second-order valence-corrected chi connectivity index (χ2v) is 5.53. The van der Waals surface area contributed by atoms with E-state index in [0.29, 0.717) is 6.04 Å². The number of ether oxygens (including phenoxy) is 1. The van der Waals surface area contributed by atoms with Crippen LogP contribution in [0, 0.1) is 5.92 Å². The lowest BCUT2D eigenvalue weighted by Crippen LogP contribution is -2.38. The van der Waals surface area contributed by atoms with Crippen LogP contribution in [-0.4, -0.2) is 37.8 Å². The molecule has 0 spiro atoms. The van der Waals surface area contributed by atoms with Crippen LogP contribution < -0.4 is 10.2 Å². The van der Waals surface area contributed by atoms with Crippen molar-refractivity contribution in [3.05, 3.63) is 23.9 Å². The Morgan fingerprint density at radius 1 is 1.50 bits per heavy atom. The first kappa shape index (κ1) is 15.3. The van der Waals surface area contributed by atoms with Gasteiger partial charge in [0.2, 0.25) is 0 Å². The van der Waals surface area contributed by atoms with E-state index in [9.17, 15) is 0 Å². The lowest BCUT2D eigenvalue weighted by atomic mass is 10.1. The molecule has 4 heteroatoms. The first-order valence-electron chi connectivity index (χ1n) is 7.68. The van der Waals surface area contributed by atoms with Crippen molar-refractivity contribution in [2.24, 2.45) is 5.92 Å². The lowest BCUT2D eigenvalue weighted by molar-refractivity contribution is 0.202. The number of hydrogen-bond acceptors (Lipinski definition) is 4. The monoisotopic (exact) mass is 277 g/mol. The standard InChI is InChI=1S/C16H27N3O/c1-4-17-12-15-6-5-9-18-16(15)19(10-11-20-3)13(2)14-7-8-14/h5-6,9,13-14,17H,4,7-8,10-12H2,1-3H3. The largest absolute Gasteiger partial charge is 0.383 e. The molecule has 0 aromatic carbocycles. The van der Waals surface area contributed by atoms with Crippen molar-refractivity contribution in [3.8, 4) is 0 Å². The summed E-state index contributed by atoms with van der Waals surface area (Å²) in [6.07, 6.45) is 4.59. The van der Waals surface area contributed by atoms with Gasteiger partial charge in [-0.15, -0.1) is 0 Å². The highest BCUT2D eigenvalue weighted by molar-refractivity contribution is 5.48. The fraction of sp³-hybridized carbons (Fsp3) is 0.688. The van der Waals surface area contributed by atoms with Gasteiger partial charge >= 0.3 is 0 Å². The summed E-state index contributed by atoms with van der Waals surface area (Å²) >= 11 is 0. The van der Waals surface area contributed by atoms with E-state index in [1.165, 1.54) is 18.4 Å². The van der Waals surface area contributed by atoms with E-state index in [4.69, 9.17) is 4.74 Å². The summed E-state index contributed by atoms with van der Waals surface area (Å²) in [5.74, 6) is 1.94. The average molecular weight is 277 g/mol. The minimum Gasteiger partial charge on any atom is -0.383 e. The summed E-state index contributed by atoms with van der Waals surface area (Å²) in [5.41, 5.74) is 1.28. The number of nitrogens with one attached hydrogen (secondary N) is 1. The van der Waals surface area contributed by atoms with Gasteiger partial charge < -0.3 is 15.0 Å². The first-order valence-corrected chi connectivity index (χ1v) is 7.68. The van der Waals surface area contributed by atoms with E-state index in [2.05, 4.69) is 35.1 Å². The molecule has 1 aromatic heterocycles. The van der Waals surface area contributed by atoms with Crippen LogP contribution in [-0.2, 0) is 11.3 Å². The zero-order valence-electron chi connectivity index (χ0n) is 12.9. The summed E-state index contributed by atoms with van der Waals surface area (Å²) < 4.78 is 5.28. The first-order chi connectivity index (χ1) is 9.77. The fourth-order valence-electron chi connectivity index (χ4n) is 2.61. The van der Waals surface area contributed by atoms with Gasteiger partial charge in [0.25, 0.3) is 0 Å². The molecule has 1 heterocycles. The molecule has 1 aliphatic rings. The lowest BCUT2D eigenvalue weighted by Gasteiger charge is -2.32. The van der Waals surface area contributed by atoms with Crippen LogP contribution in [0.3, 0.4) is 0 Å². The molecule has 1 saturated carbocycles. The molecule has 0 aliphatic heterocycles. The third-order valence-electron chi connectivity index (χ3n) is 4.04. The number of pyridine rings is 1. The average Bonchev–Trinajstić information content (AvgIpc) is 3.31. The van der Waals surface area contributed by atoms with Gasteiger partial charge in [-0.2, -0.15) is 0 Å². The van der Waals surface area contributed by atoms with Crippen molar-refractivity contribution in [2.45, 2.75) is 39.3 Å². The minimum absolute atomic E-state index is 0.542. The maximum atomic E-state index is 5.28. The van der Waals surface area contributed by atoms with E-state index in [1.807, 2.05) is 12.3 Å². The number of nitrogens with zero attached hydrogens (tertiary/aromatic N) is 2. The van der Waals surface area contributed by atoms with E-state index in [-0.39, 0.29) is 0 Å². The van der Waals surface area contributed by atoms with Crippen LogP contribution in [0.25, 0.3) is 0 Å². The molecule has 1 aliphatic carbocycles. The van der Waals surface area contributed by atoms with Gasteiger partial charge in [-0.3, -0.25) is 0 Å². The van der Waals surface area contributed by atoms with Gasteiger partial charge in [0.15, 0.2) is 0 Å². The number of hydrogen-bond donors (Lipinski definition) is 1. The molecule has 1 unspecified atom stereocenters. The number of anilines is 1. The zero-order chi connectivity index (χ0) is 14.4. The van der Waals surface area contributed by atoms with Crippen LogP contribution in [0.15, 0.2) is 18.3 Å². The van der Waals surface area contributed by atoms with Gasteiger partial charge in [0.05, 0.1) is 6.61 Å².